The number of aromatic hydroxyl groups is 1. The lowest BCUT2D eigenvalue weighted by Crippen LogP contribution is -2.26. The summed E-state index contributed by atoms with van der Waals surface area (Å²) in [7, 11) is 0. The summed E-state index contributed by atoms with van der Waals surface area (Å²) in [6.45, 7) is 1.03. The number of carbonyl (C=O) groups is 1. The maximum Gasteiger partial charge on any atom is 0.273 e. The van der Waals surface area contributed by atoms with Crippen LogP contribution >= 0.6 is 0 Å². The van der Waals surface area contributed by atoms with Crippen molar-refractivity contribution < 1.29 is 19.2 Å². The molecule has 1 fully saturated rings. The van der Waals surface area contributed by atoms with Crippen molar-refractivity contribution in [2.24, 2.45) is 0 Å². The van der Waals surface area contributed by atoms with Gasteiger partial charge in [-0.1, -0.05) is 5.16 Å². The summed E-state index contributed by atoms with van der Waals surface area (Å²) in [6, 6.07) is 2.97. The van der Waals surface area contributed by atoms with Crippen LogP contribution in [0.5, 0.6) is 5.75 Å². The first-order valence-corrected chi connectivity index (χ1v) is 7.10. The van der Waals surface area contributed by atoms with Gasteiger partial charge in [-0.15, -0.1) is 0 Å². The van der Waals surface area contributed by atoms with E-state index in [1.54, 1.807) is 6.07 Å². The number of carbonyl (C=O) groups excluding carboxylic acids is 1. The van der Waals surface area contributed by atoms with Crippen molar-refractivity contribution in [1.82, 2.24) is 20.4 Å². The number of amides is 1. The number of aromatic nitrogens is 3. The molecule has 116 valence electrons. The zero-order chi connectivity index (χ0) is 15.4. The number of hydrogen-bond acceptors (Lipinski definition) is 7. The molecule has 8 heteroatoms. The summed E-state index contributed by atoms with van der Waals surface area (Å²) < 4.78 is 10.6. The van der Waals surface area contributed by atoms with Crippen LogP contribution in [0.4, 0.5) is 0 Å². The molecule has 0 spiro atoms. The average Bonchev–Trinajstić information content (AvgIpc) is 3.18. The minimum Gasteiger partial charge on any atom is -0.505 e. The molecule has 0 saturated carbocycles. The zero-order valence-electron chi connectivity index (χ0n) is 11.9. The van der Waals surface area contributed by atoms with E-state index in [4.69, 9.17) is 9.26 Å². The topological polar surface area (TPSA) is 110 Å². The summed E-state index contributed by atoms with van der Waals surface area (Å²) in [5, 5.41) is 16.1. The quantitative estimate of drug-likeness (QED) is 0.847. The predicted molar refractivity (Wildman–Crippen MR) is 74.2 cm³/mol. The van der Waals surface area contributed by atoms with Crippen LogP contribution in [0.3, 0.4) is 0 Å². The highest BCUT2D eigenvalue weighted by Gasteiger charge is 2.23. The second-order valence-electron chi connectivity index (χ2n) is 4.93. The Bertz CT molecular complexity index is 652. The molecule has 1 unspecified atom stereocenters. The van der Waals surface area contributed by atoms with Gasteiger partial charge >= 0.3 is 0 Å². The summed E-state index contributed by atoms with van der Waals surface area (Å²) in [4.78, 5) is 19.9. The van der Waals surface area contributed by atoms with Crippen molar-refractivity contribution in [3.8, 4) is 5.75 Å². The molecule has 1 aliphatic heterocycles. The lowest BCUT2D eigenvalue weighted by atomic mass is 10.2. The highest BCUT2D eigenvalue weighted by atomic mass is 16.5. The summed E-state index contributed by atoms with van der Waals surface area (Å²) in [5.74, 6) is 0.401. The van der Waals surface area contributed by atoms with E-state index in [0.29, 0.717) is 31.3 Å². The number of nitrogens with one attached hydrogen (secondary N) is 1. The van der Waals surface area contributed by atoms with Crippen LogP contribution in [0, 0.1) is 0 Å². The maximum atomic E-state index is 11.9. The first-order valence-electron chi connectivity index (χ1n) is 7.10. The molecule has 2 N–H and O–H groups in total. The van der Waals surface area contributed by atoms with Gasteiger partial charge in [0.2, 0.25) is 0 Å². The Morgan fingerprint density at radius 1 is 1.50 bits per heavy atom. The fourth-order valence-corrected chi connectivity index (χ4v) is 2.22. The smallest absolute Gasteiger partial charge is 0.273 e. The van der Waals surface area contributed by atoms with Gasteiger partial charge in [-0.2, -0.15) is 4.98 Å². The van der Waals surface area contributed by atoms with Gasteiger partial charge in [0.15, 0.2) is 11.5 Å². The molecule has 1 atom stereocenters. The lowest BCUT2D eigenvalue weighted by Gasteiger charge is -2.04. The first-order chi connectivity index (χ1) is 10.7. The molecule has 0 aliphatic carbocycles. The standard InChI is InChI=1S/C14H16N4O4/c19-9-3-1-6-15-12(9)13(20)16-7-5-11-17-14(22-18-11)10-4-2-8-21-10/h1,3,6,10,19H,2,4-5,7-8H2,(H,16,20). The van der Waals surface area contributed by atoms with Gasteiger partial charge in [-0.05, 0) is 25.0 Å². The van der Waals surface area contributed by atoms with Crippen molar-refractivity contribution in [1.29, 1.82) is 0 Å². The Morgan fingerprint density at radius 2 is 2.41 bits per heavy atom. The third-order valence-electron chi connectivity index (χ3n) is 3.32. The monoisotopic (exact) mass is 304 g/mol. The Hall–Kier alpha value is -2.48. The van der Waals surface area contributed by atoms with E-state index in [2.05, 4.69) is 20.4 Å². The van der Waals surface area contributed by atoms with Gasteiger partial charge in [0.25, 0.3) is 11.8 Å². The number of hydrogen-bond donors (Lipinski definition) is 2. The first kappa shape index (κ1) is 14.5. The lowest BCUT2D eigenvalue weighted by molar-refractivity contribution is 0.0835. The van der Waals surface area contributed by atoms with Crippen LogP contribution in [-0.4, -0.2) is 39.3 Å². The van der Waals surface area contributed by atoms with Crippen LogP contribution in [0.1, 0.15) is 41.1 Å². The Balaban J connectivity index is 1.51. The van der Waals surface area contributed by atoms with Gasteiger partial charge in [0.05, 0.1) is 0 Å². The van der Waals surface area contributed by atoms with Gasteiger partial charge in [-0.25, -0.2) is 4.98 Å². The molecule has 2 aromatic heterocycles. The van der Waals surface area contributed by atoms with Crippen molar-refractivity contribution >= 4 is 5.91 Å². The number of nitrogens with zero attached hydrogens (tertiary/aromatic N) is 3. The molecule has 2 aromatic rings. The average molecular weight is 304 g/mol. The molecule has 22 heavy (non-hydrogen) atoms. The van der Waals surface area contributed by atoms with Gasteiger partial charge in [0, 0.05) is 25.8 Å². The number of ether oxygens (including phenoxy) is 1. The molecular weight excluding hydrogens is 288 g/mol. The Morgan fingerprint density at radius 3 is 3.18 bits per heavy atom. The molecule has 8 nitrogen and oxygen atoms in total. The van der Waals surface area contributed by atoms with Gasteiger partial charge in [0.1, 0.15) is 11.9 Å². The third-order valence-corrected chi connectivity index (χ3v) is 3.32. The fourth-order valence-electron chi connectivity index (χ4n) is 2.22. The number of pyridine rings is 1. The molecule has 3 rings (SSSR count). The minimum absolute atomic E-state index is 0.00402. The van der Waals surface area contributed by atoms with Crippen LogP contribution < -0.4 is 5.32 Å². The largest absolute Gasteiger partial charge is 0.505 e. The van der Waals surface area contributed by atoms with Gasteiger partial charge < -0.3 is 19.7 Å². The summed E-state index contributed by atoms with van der Waals surface area (Å²) in [6.07, 6.45) is 3.64. The van der Waals surface area contributed by atoms with E-state index in [0.717, 1.165) is 12.8 Å². The zero-order valence-corrected chi connectivity index (χ0v) is 11.9. The normalized spacial score (nSPS) is 17.5. The highest BCUT2D eigenvalue weighted by Crippen LogP contribution is 2.26. The molecule has 1 amide bonds. The fraction of sp³-hybridized carbons (Fsp3) is 0.429. The summed E-state index contributed by atoms with van der Waals surface area (Å²) in [5.41, 5.74) is -0.00402. The molecular formula is C14H16N4O4. The Labute approximate surface area is 126 Å². The second-order valence-corrected chi connectivity index (χ2v) is 4.93. The van der Waals surface area contributed by atoms with E-state index in [-0.39, 0.29) is 17.5 Å². The molecule has 1 saturated heterocycles. The molecule has 3 heterocycles. The van der Waals surface area contributed by atoms with Crippen LogP contribution in [0.2, 0.25) is 0 Å². The van der Waals surface area contributed by atoms with E-state index in [9.17, 15) is 9.90 Å². The van der Waals surface area contributed by atoms with E-state index in [1.165, 1.54) is 12.3 Å². The van der Waals surface area contributed by atoms with Crippen molar-refractivity contribution in [3.05, 3.63) is 35.7 Å². The molecule has 1 aliphatic rings. The Kier molecular flexibility index (Phi) is 4.29. The van der Waals surface area contributed by atoms with Crippen molar-refractivity contribution in [2.45, 2.75) is 25.4 Å². The predicted octanol–water partition coefficient (Wildman–Crippen LogP) is 0.994. The molecule has 0 aromatic carbocycles. The third kappa shape index (κ3) is 3.22. The summed E-state index contributed by atoms with van der Waals surface area (Å²) >= 11 is 0. The van der Waals surface area contributed by atoms with E-state index < -0.39 is 5.91 Å². The van der Waals surface area contributed by atoms with Crippen LogP contribution in [0.15, 0.2) is 22.9 Å². The van der Waals surface area contributed by atoms with E-state index in [1.807, 2.05) is 0 Å². The SMILES string of the molecule is O=C(NCCc1noc(C2CCCO2)n1)c1ncccc1O. The van der Waals surface area contributed by atoms with Crippen LogP contribution in [-0.2, 0) is 11.2 Å². The molecule has 0 bridgehead atoms. The van der Waals surface area contributed by atoms with E-state index >= 15 is 0 Å². The van der Waals surface area contributed by atoms with Crippen molar-refractivity contribution in [3.63, 3.8) is 0 Å². The molecule has 0 radical (unpaired) electrons. The van der Waals surface area contributed by atoms with Gasteiger partial charge in [-0.3, -0.25) is 4.79 Å². The van der Waals surface area contributed by atoms with Crippen LogP contribution in [0.25, 0.3) is 0 Å². The second kappa shape index (κ2) is 6.52. The highest BCUT2D eigenvalue weighted by molar-refractivity contribution is 5.94. The maximum absolute atomic E-state index is 11.9. The minimum atomic E-state index is -0.444. The van der Waals surface area contributed by atoms with Crippen molar-refractivity contribution in [2.75, 3.05) is 13.2 Å². The number of rotatable bonds is 5.